The summed E-state index contributed by atoms with van der Waals surface area (Å²) in [4.78, 5) is 14.9. The molecule has 0 bridgehead atoms. The topological polar surface area (TPSA) is 62.2 Å². The Kier molecular flexibility index (Phi) is 4.26. The van der Waals surface area contributed by atoms with Gasteiger partial charge < -0.3 is 10.4 Å². The number of pyridine rings is 1. The number of nitrogens with one attached hydrogen (secondary N) is 1. The molecule has 4 heteroatoms. The van der Waals surface area contributed by atoms with Crippen molar-refractivity contribution in [1.29, 1.82) is 0 Å². The number of hydrogen-bond donors (Lipinski definition) is 2. The minimum atomic E-state index is -0.899. The number of benzene rings is 1. The number of rotatable bonds is 5. The van der Waals surface area contributed by atoms with Crippen LogP contribution >= 0.6 is 0 Å². The summed E-state index contributed by atoms with van der Waals surface area (Å²) < 4.78 is 0. The van der Waals surface area contributed by atoms with Crippen molar-refractivity contribution in [3.05, 3.63) is 65.5 Å². The van der Waals surface area contributed by atoms with Gasteiger partial charge in [-0.25, -0.2) is 4.79 Å². The molecule has 2 N–H and O–H groups in total. The van der Waals surface area contributed by atoms with Gasteiger partial charge in [-0.1, -0.05) is 12.1 Å². The van der Waals surface area contributed by atoms with Gasteiger partial charge in [0.25, 0.3) is 0 Å². The number of carboxylic acid groups (broad SMARTS) is 1. The Morgan fingerprint density at radius 1 is 1.32 bits per heavy atom. The zero-order chi connectivity index (χ0) is 13.7. The molecule has 0 amide bonds. The van der Waals surface area contributed by atoms with E-state index in [1.165, 1.54) is 0 Å². The average Bonchev–Trinajstić information content (AvgIpc) is 2.46. The zero-order valence-electron chi connectivity index (χ0n) is 10.7. The van der Waals surface area contributed by atoms with Gasteiger partial charge in [0, 0.05) is 25.0 Å². The second-order valence-corrected chi connectivity index (χ2v) is 4.39. The van der Waals surface area contributed by atoms with Crippen molar-refractivity contribution < 1.29 is 9.90 Å². The van der Waals surface area contributed by atoms with Crippen LogP contribution in [0.15, 0.2) is 48.8 Å². The van der Waals surface area contributed by atoms with E-state index < -0.39 is 5.97 Å². The van der Waals surface area contributed by atoms with E-state index in [2.05, 4.69) is 17.2 Å². The van der Waals surface area contributed by atoms with Gasteiger partial charge in [-0.3, -0.25) is 4.98 Å². The molecule has 1 atom stereocenters. The van der Waals surface area contributed by atoms with E-state index >= 15 is 0 Å². The third-order valence-electron chi connectivity index (χ3n) is 2.99. The number of aromatic carboxylic acids is 1. The number of aromatic nitrogens is 1. The van der Waals surface area contributed by atoms with Gasteiger partial charge in [0.2, 0.25) is 0 Å². The van der Waals surface area contributed by atoms with Crippen LogP contribution in [-0.4, -0.2) is 16.1 Å². The van der Waals surface area contributed by atoms with E-state index in [1.54, 1.807) is 30.6 Å². The first-order valence-electron chi connectivity index (χ1n) is 6.12. The van der Waals surface area contributed by atoms with Crippen LogP contribution in [0.3, 0.4) is 0 Å². The van der Waals surface area contributed by atoms with Gasteiger partial charge in [-0.05, 0) is 42.3 Å². The van der Waals surface area contributed by atoms with Gasteiger partial charge in [0.1, 0.15) is 0 Å². The molecule has 2 rings (SSSR count). The van der Waals surface area contributed by atoms with Gasteiger partial charge >= 0.3 is 5.97 Å². The van der Waals surface area contributed by atoms with Crippen LogP contribution in [0.1, 0.15) is 34.5 Å². The van der Waals surface area contributed by atoms with E-state index in [1.807, 2.05) is 18.2 Å². The molecule has 0 spiro atoms. The Labute approximate surface area is 112 Å². The molecule has 0 saturated heterocycles. The highest BCUT2D eigenvalue weighted by molar-refractivity contribution is 5.87. The van der Waals surface area contributed by atoms with Crippen molar-refractivity contribution in [1.82, 2.24) is 10.3 Å². The highest BCUT2D eigenvalue weighted by Gasteiger charge is 2.06. The molecule has 0 saturated carbocycles. The molecular formula is C15H16N2O2. The molecule has 0 aliphatic carbocycles. The van der Waals surface area contributed by atoms with E-state index in [0.29, 0.717) is 12.1 Å². The lowest BCUT2D eigenvalue weighted by Gasteiger charge is -2.14. The molecule has 19 heavy (non-hydrogen) atoms. The van der Waals surface area contributed by atoms with Crippen molar-refractivity contribution in [2.75, 3.05) is 0 Å². The predicted molar refractivity (Wildman–Crippen MR) is 72.9 cm³/mol. The molecule has 1 heterocycles. The first-order chi connectivity index (χ1) is 9.16. The quantitative estimate of drug-likeness (QED) is 0.863. The van der Waals surface area contributed by atoms with Crippen molar-refractivity contribution in [3.8, 4) is 0 Å². The van der Waals surface area contributed by atoms with Gasteiger partial charge in [0.05, 0.1) is 5.56 Å². The smallest absolute Gasteiger partial charge is 0.335 e. The zero-order valence-corrected chi connectivity index (χ0v) is 10.7. The standard InChI is InChI=1S/C15H16N2O2/c1-11(13-5-7-16-8-6-13)17-10-12-3-2-4-14(9-12)15(18)19/h2-9,11,17H,10H2,1H3,(H,18,19)/t11-/m0/s1. The summed E-state index contributed by atoms with van der Waals surface area (Å²) in [7, 11) is 0. The number of carboxylic acids is 1. The SMILES string of the molecule is C[C@H](NCc1cccc(C(=O)O)c1)c1ccncc1. The lowest BCUT2D eigenvalue weighted by atomic mass is 10.1. The summed E-state index contributed by atoms with van der Waals surface area (Å²) in [5.41, 5.74) is 2.43. The highest BCUT2D eigenvalue weighted by Crippen LogP contribution is 2.12. The van der Waals surface area contributed by atoms with Crippen LogP contribution in [0.5, 0.6) is 0 Å². The average molecular weight is 256 g/mol. The van der Waals surface area contributed by atoms with Crippen LogP contribution in [0.4, 0.5) is 0 Å². The maximum Gasteiger partial charge on any atom is 0.335 e. The molecule has 1 aromatic heterocycles. The van der Waals surface area contributed by atoms with Crippen LogP contribution < -0.4 is 5.32 Å². The van der Waals surface area contributed by atoms with Crippen molar-refractivity contribution in [2.45, 2.75) is 19.5 Å². The molecular weight excluding hydrogens is 240 g/mol. The van der Waals surface area contributed by atoms with Crippen LogP contribution in [0.2, 0.25) is 0 Å². The van der Waals surface area contributed by atoms with Crippen LogP contribution in [0.25, 0.3) is 0 Å². The minimum Gasteiger partial charge on any atom is -0.478 e. The van der Waals surface area contributed by atoms with Crippen molar-refractivity contribution in [3.63, 3.8) is 0 Å². The molecule has 2 aromatic rings. The Bertz CT molecular complexity index is 555. The fourth-order valence-electron chi connectivity index (χ4n) is 1.86. The minimum absolute atomic E-state index is 0.191. The predicted octanol–water partition coefficient (Wildman–Crippen LogP) is 2.63. The Morgan fingerprint density at radius 2 is 2.05 bits per heavy atom. The van der Waals surface area contributed by atoms with Crippen LogP contribution in [0, 0.1) is 0 Å². The Morgan fingerprint density at radius 3 is 2.74 bits per heavy atom. The fourth-order valence-corrected chi connectivity index (χ4v) is 1.86. The van der Waals surface area contributed by atoms with E-state index in [0.717, 1.165) is 11.1 Å². The lowest BCUT2D eigenvalue weighted by molar-refractivity contribution is 0.0696. The maximum atomic E-state index is 10.9. The molecule has 0 radical (unpaired) electrons. The molecule has 0 aliphatic heterocycles. The fraction of sp³-hybridized carbons (Fsp3) is 0.200. The van der Waals surface area contributed by atoms with Gasteiger partial charge in [0.15, 0.2) is 0 Å². The number of carbonyl (C=O) groups is 1. The van der Waals surface area contributed by atoms with Gasteiger partial charge in [-0.2, -0.15) is 0 Å². The molecule has 0 unspecified atom stereocenters. The third kappa shape index (κ3) is 3.63. The van der Waals surface area contributed by atoms with Gasteiger partial charge in [-0.15, -0.1) is 0 Å². The van der Waals surface area contributed by atoms with E-state index in [-0.39, 0.29) is 6.04 Å². The second-order valence-electron chi connectivity index (χ2n) is 4.39. The van der Waals surface area contributed by atoms with E-state index in [9.17, 15) is 4.79 Å². The Hall–Kier alpha value is -2.20. The lowest BCUT2D eigenvalue weighted by Crippen LogP contribution is -2.18. The summed E-state index contributed by atoms with van der Waals surface area (Å²) in [6.45, 7) is 2.70. The monoisotopic (exact) mass is 256 g/mol. The maximum absolute atomic E-state index is 10.9. The summed E-state index contributed by atoms with van der Waals surface area (Å²) in [6, 6.07) is 11.1. The molecule has 1 aromatic carbocycles. The summed E-state index contributed by atoms with van der Waals surface area (Å²) in [5.74, 6) is -0.899. The second kappa shape index (κ2) is 6.11. The van der Waals surface area contributed by atoms with Crippen molar-refractivity contribution >= 4 is 5.97 Å². The Balaban J connectivity index is 1.99. The molecule has 0 fully saturated rings. The first-order valence-corrected chi connectivity index (χ1v) is 6.12. The molecule has 0 aliphatic rings. The highest BCUT2D eigenvalue weighted by atomic mass is 16.4. The number of nitrogens with zero attached hydrogens (tertiary/aromatic N) is 1. The summed E-state index contributed by atoms with van der Waals surface area (Å²) in [6.07, 6.45) is 3.52. The molecule has 98 valence electrons. The number of hydrogen-bond acceptors (Lipinski definition) is 3. The van der Waals surface area contributed by atoms with Crippen molar-refractivity contribution in [2.24, 2.45) is 0 Å². The largest absolute Gasteiger partial charge is 0.478 e. The van der Waals surface area contributed by atoms with Crippen LogP contribution in [-0.2, 0) is 6.54 Å². The first kappa shape index (κ1) is 13.2. The summed E-state index contributed by atoms with van der Waals surface area (Å²) >= 11 is 0. The normalized spacial score (nSPS) is 12.1. The van der Waals surface area contributed by atoms with E-state index in [4.69, 9.17) is 5.11 Å². The summed E-state index contributed by atoms with van der Waals surface area (Å²) in [5, 5.41) is 12.3. The third-order valence-corrected chi connectivity index (χ3v) is 2.99. The molecule has 4 nitrogen and oxygen atoms in total.